The Bertz CT molecular complexity index is 456. The molecule has 3 rings (SSSR count). The molecule has 1 N–H and O–H groups in total. The molecule has 0 amide bonds. The Hall–Kier alpha value is -0.540. The summed E-state index contributed by atoms with van der Waals surface area (Å²) in [5.74, 6) is 0.880. The van der Waals surface area contributed by atoms with E-state index >= 15 is 0 Å². The van der Waals surface area contributed by atoms with Crippen LogP contribution in [0.25, 0.3) is 0 Å². The van der Waals surface area contributed by atoms with E-state index in [-0.39, 0.29) is 0 Å². The van der Waals surface area contributed by atoms with Crippen LogP contribution in [0.5, 0.6) is 0 Å². The van der Waals surface area contributed by atoms with Crippen LogP contribution in [0, 0.1) is 5.92 Å². The first kappa shape index (κ1) is 14.4. The van der Waals surface area contributed by atoms with E-state index in [1.54, 1.807) is 0 Å². The third-order valence-corrected chi connectivity index (χ3v) is 5.32. The lowest BCUT2D eigenvalue weighted by Gasteiger charge is -2.23. The Morgan fingerprint density at radius 2 is 2.05 bits per heavy atom. The van der Waals surface area contributed by atoms with Gasteiger partial charge in [-0.05, 0) is 55.7 Å². The monoisotopic (exact) mass is 336 g/mol. The van der Waals surface area contributed by atoms with E-state index in [1.165, 1.54) is 60.9 Å². The number of benzene rings is 1. The number of nitrogens with one attached hydrogen (secondary N) is 1. The largest absolute Gasteiger partial charge is 0.371 e. The summed E-state index contributed by atoms with van der Waals surface area (Å²) >= 11 is 3.75. The quantitative estimate of drug-likeness (QED) is 0.880. The summed E-state index contributed by atoms with van der Waals surface area (Å²) in [6.07, 6.45) is 6.72. The van der Waals surface area contributed by atoms with Crippen molar-refractivity contribution in [1.82, 2.24) is 5.32 Å². The minimum absolute atomic E-state index is 0.772. The maximum absolute atomic E-state index is 3.75. The molecule has 0 aromatic heterocycles. The number of anilines is 1. The van der Waals surface area contributed by atoms with Crippen LogP contribution in [0.4, 0.5) is 5.69 Å². The Balaban J connectivity index is 1.65. The number of halogens is 1. The van der Waals surface area contributed by atoms with Gasteiger partial charge in [0.1, 0.15) is 0 Å². The maximum Gasteiger partial charge on any atom is 0.0377 e. The van der Waals surface area contributed by atoms with Gasteiger partial charge in [0, 0.05) is 35.8 Å². The molecule has 1 aliphatic heterocycles. The van der Waals surface area contributed by atoms with E-state index in [0.717, 1.165) is 18.5 Å². The fraction of sp³-hybridized carbons (Fsp3) is 0.647. The lowest BCUT2D eigenvalue weighted by atomic mass is 10.0. The minimum atomic E-state index is 0.772. The average Bonchev–Trinajstić information content (AvgIpc) is 3.25. The Morgan fingerprint density at radius 3 is 2.80 bits per heavy atom. The topological polar surface area (TPSA) is 15.3 Å². The molecule has 3 heteroatoms. The molecule has 1 unspecified atom stereocenters. The molecule has 2 nitrogen and oxygen atoms in total. The van der Waals surface area contributed by atoms with Crippen molar-refractivity contribution in [2.75, 3.05) is 18.0 Å². The smallest absolute Gasteiger partial charge is 0.0377 e. The summed E-state index contributed by atoms with van der Waals surface area (Å²) in [6, 6.07) is 7.65. The number of hydrogen-bond donors (Lipinski definition) is 1. The predicted molar refractivity (Wildman–Crippen MR) is 89.2 cm³/mol. The normalized spacial score (nSPS) is 23.7. The minimum Gasteiger partial charge on any atom is -0.371 e. The molecule has 1 aliphatic carbocycles. The standard InChI is InChI=1S/C17H25BrN2/c1-13-3-2-9-20(10-8-13)16-7-4-14(17(18)11-16)12-19-15-5-6-15/h4,7,11,13,15,19H,2-3,5-6,8-10,12H2,1H3. The van der Waals surface area contributed by atoms with Crippen molar-refractivity contribution in [3.05, 3.63) is 28.2 Å². The van der Waals surface area contributed by atoms with Crippen molar-refractivity contribution in [2.24, 2.45) is 5.92 Å². The van der Waals surface area contributed by atoms with Gasteiger partial charge in [0.05, 0.1) is 0 Å². The van der Waals surface area contributed by atoms with Gasteiger partial charge >= 0.3 is 0 Å². The summed E-state index contributed by atoms with van der Waals surface area (Å²) in [5.41, 5.74) is 2.75. The highest BCUT2D eigenvalue weighted by atomic mass is 79.9. The van der Waals surface area contributed by atoms with E-state index in [4.69, 9.17) is 0 Å². The maximum atomic E-state index is 3.75. The molecule has 1 aromatic carbocycles. The van der Waals surface area contributed by atoms with Crippen molar-refractivity contribution in [3.63, 3.8) is 0 Å². The average molecular weight is 337 g/mol. The third-order valence-electron chi connectivity index (χ3n) is 4.58. The second kappa shape index (κ2) is 6.48. The van der Waals surface area contributed by atoms with Gasteiger partial charge in [-0.1, -0.05) is 28.9 Å². The molecule has 1 saturated heterocycles. The second-order valence-corrected chi connectivity index (χ2v) is 7.31. The van der Waals surface area contributed by atoms with Crippen molar-refractivity contribution in [3.8, 4) is 0 Å². The van der Waals surface area contributed by atoms with Crippen LogP contribution in [0.3, 0.4) is 0 Å². The molecule has 1 aromatic rings. The Kier molecular flexibility index (Phi) is 4.67. The molecule has 0 spiro atoms. The van der Waals surface area contributed by atoms with Gasteiger partial charge < -0.3 is 10.2 Å². The molecule has 0 bridgehead atoms. The van der Waals surface area contributed by atoms with E-state index < -0.39 is 0 Å². The first-order chi connectivity index (χ1) is 9.72. The summed E-state index contributed by atoms with van der Waals surface area (Å²) in [7, 11) is 0. The van der Waals surface area contributed by atoms with E-state index in [0.29, 0.717) is 0 Å². The molecule has 1 atom stereocenters. The van der Waals surface area contributed by atoms with Crippen LogP contribution in [-0.4, -0.2) is 19.1 Å². The highest BCUT2D eigenvalue weighted by Gasteiger charge is 2.20. The first-order valence-corrected chi connectivity index (χ1v) is 8.78. The highest BCUT2D eigenvalue weighted by molar-refractivity contribution is 9.10. The summed E-state index contributed by atoms with van der Waals surface area (Å²) < 4.78 is 1.25. The van der Waals surface area contributed by atoms with E-state index in [9.17, 15) is 0 Å². The molecular formula is C17H25BrN2. The zero-order valence-electron chi connectivity index (χ0n) is 12.4. The molecule has 1 heterocycles. The molecule has 1 saturated carbocycles. The van der Waals surface area contributed by atoms with Crippen molar-refractivity contribution >= 4 is 21.6 Å². The summed E-state index contributed by atoms with van der Waals surface area (Å²) in [6.45, 7) is 5.78. The van der Waals surface area contributed by atoms with Gasteiger partial charge in [0.15, 0.2) is 0 Å². The lowest BCUT2D eigenvalue weighted by molar-refractivity contribution is 0.521. The summed E-state index contributed by atoms with van der Waals surface area (Å²) in [4.78, 5) is 2.55. The van der Waals surface area contributed by atoms with Crippen LogP contribution in [-0.2, 0) is 6.54 Å². The highest BCUT2D eigenvalue weighted by Crippen LogP contribution is 2.28. The Labute approximate surface area is 131 Å². The lowest BCUT2D eigenvalue weighted by Crippen LogP contribution is -2.24. The van der Waals surface area contributed by atoms with Gasteiger partial charge in [0.25, 0.3) is 0 Å². The van der Waals surface area contributed by atoms with Gasteiger partial charge in [-0.3, -0.25) is 0 Å². The SMILES string of the molecule is CC1CCCN(c2ccc(CNC3CC3)c(Br)c2)CC1. The van der Waals surface area contributed by atoms with Crippen LogP contribution in [0.1, 0.15) is 44.6 Å². The van der Waals surface area contributed by atoms with Crippen LogP contribution < -0.4 is 10.2 Å². The number of rotatable bonds is 4. The van der Waals surface area contributed by atoms with Crippen LogP contribution in [0.15, 0.2) is 22.7 Å². The van der Waals surface area contributed by atoms with Gasteiger partial charge in [0.2, 0.25) is 0 Å². The zero-order chi connectivity index (χ0) is 13.9. The van der Waals surface area contributed by atoms with Crippen molar-refractivity contribution in [1.29, 1.82) is 0 Å². The van der Waals surface area contributed by atoms with Gasteiger partial charge in [-0.25, -0.2) is 0 Å². The van der Waals surface area contributed by atoms with Crippen LogP contribution in [0.2, 0.25) is 0 Å². The Morgan fingerprint density at radius 1 is 1.20 bits per heavy atom. The fourth-order valence-electron chi connectivity index (χ4n) is 2.94. The van der Waals surface area contributed by atoms with Gasteiger partial charge in [-0.2, -0.15) is 0 Å². The molecule has 20 heavy (non-hydrogen) atoms. The fourth-order valence-corrected chi connectivity index (χ4v) is 3.45. The second-order valence-electron chi connectivity index (χ2n) is 6.45. The molecule has 0 radical (unpaired) electrons. The van der Waals surface area contributed by atoms with E-state index in [1.807, 2.05) is 0 Å². The zero-order valence-corrected chi connectivity index (χ0v) is 14.0. The van der Waals surface area contributed by atoms with Crippen molar-refractivity contribution in [2.45, 2.75) is 51.6 Å². The number of nitrogens with zero attached hydrogens (tertiary/aromatic N) is 1. The third kappa shape index (κ3) is 3.76. The molecule has 2 aliphatic rings. The van der Waals surface area contributed by atoms with Gasteiger partial charge in [-0.15, -0.1) is 0 Å². The molecular weight excluding hydrogens is 312 g/mol. The first-order valence-electron chi connectivity index (χ1n) is 7.99. The number of hydrogen-bond acceptors (Lipinski definition) is 2. The molecule has 2 fully saturated rings. The predicted octanol–water partition coefficient (Wildman–Crippen LogP) is 4.33. The van der Waals surface area contributed by atoms with Crippen molar-refractivity contribution < 1.29 is 0 Å². The molecule has 110 valence electrons. The van der Waals surface area contributed by atoms with E-state index in [2.05, 4.69) is 51.3 Å². The summed E-state index contributed by atoms with van der Waals surface area (Å²) in [5, 5.41) is 3.58. The van der Waals surface area contributed by atoms with Crippen LogP contribution >= 0.6 is 15.9 Å².